The van der Waals surface area contributed by atoms with Gasteiger partial charge in [0.05, 0.1) is 13.2 Å². The highest BCUT2D eigenvalue weighted by molar-refractivity contribution is 14.2. The van der Waals surface area contributed by atoms with Crippen molar-refractivity contribution in [2.24, 2.45) is 0 Å². The van der Waals surface area contributed by atoms with Gasteiger partial charge in [-0.3, -0.25) is 0 Å². The predicted molar refractivity (Wildman–Crippen MR) is 48.6 cm³/mol. The highest BCUT2D eigenvalue weighted by atomic mass is 127. The van der Waals surface area contributed by atoms with Gasteiger partial charge in [-0.2, -0.15) is 0 Å². The fraction of sp³-hybridized carbons (Fsp3) is 1.00. The molecule has 1 heterocycles. The summed E-state index contributed by atoms with van der Waals surface area (Å²) in [7, 11) is 1.78. The van der Waals surface area contributed by atoms with Crippen LogP contribution in [0.5, 0.6) is 0 Å². The Hall–Kier alpha value is 1.00. The van der Waals surface area contributed by atoms with E-state index in [1.807, 2.05) is 0 Å². The van der Waals surface area contributed by atoms with Crippen molar-refractivity contribution in [2.75, 3.05) is 19.8 Å². The molecule has 1 saturated heterocycles. The van der Waals surface area contributed by atoms with Gasteiger partial charge in [0.15, 0.2) is 0 Å². The highest BCUT2D eigenvalue weighted by Gasteiger charge is 2.17. The van der Waals surface area contributed by atoms with Crippen LogP contribution in [0.3, 0.4) is 0 Å². The Kier molecular flexibility index (Phi) is 3.60. The molecule has 1 aliphatic heterocycles. The van der Waals surface area contributed by atoms with Crippen molar-refractivity contribution in [2.45, 2.75) is 13.0 Å². The van der Waals surface area contributed by atoms with Crippen LogP contribution in [0.25, 0.3) is 0 Å². The minimum Gasteiger partial charge on any atom is -0.378 e. The minimum atomic E-state index is 0.584. The van der Waals surface area contributed by atoms with Crippen molar-refractivity contribution < 1.29 is 4.74 Å². The number of nitrogens with zero attached hydrogens (tertiary/aromatic N) is 1. The van der Waals surface area contributed by atoms with E-state index < -0.39 is 0 Å². The maximum atomic E-state index is 5.26. The van der Waals surface area contributed by atoms with E-state index in [1.165, 1.54) is 0 Å². The smallest absolute Gasteiger partial charge is 0.0629 e. The van der Waals surface area contributed by atoms with Gasteiger partial charge in [-0.1, -0.05) is 0 Å². The van der Waals surface area contributed by atoms with Gasteiger partial charge in [0.25, 0.3) is 0 Å². The molecule has 0 aromatic heterocycles. The van der Waals surface area contributed by atoms with Crippen LogP contribution in [0.15, 0.2) is 0 Å². The molecule has 1 rings (SSSR count). The molecule has 0 N–H and O–H groups in total. The third-order valence-electron chi connectivity index (χ3n) is 1.40. The first-order chi connectivity index (χ1) is 4.34. The Labute approximate surface area is 72.0 Å². The van der Waals surface area contributed by atoms with E-state index in [4.69, 9.17) is 4.74 Å². The SMILES string of the molecule is C[C@@H]1COCCN1SI. The zero-order chi connectivity index (χ0) is 6.69. The largest absolute Gasteiger partial charge is 0.378 e. The lowest BCUT2D eigenvalue weighted by Crippen LogP contribution is -2.38. The third-order valence-corrected chi connectivity index (χ3v) is 3.63. The molecule has 0 unspecified atom stereocenters. The molecule has 1 fully saturated rings. The molecule has 1 aliphatic rings. The zero-order valence-electron chi connectivity index (χ0n) is 5.34. The van der Waals surface area contributed by atoms with Crippen molar-refractivity contribution >= 4 is 30.3 Å². The van der Waals surface area contributed by atoms with Crippen LogP contribution in [-0.2, 0) is 4.74 Å². The lowest BCUT2D eigenvalue weighted by molar-refractivity contribution is 0.0448. The molecule has 0 amide bonds. The fourth-order valence-electron chi connectivity index (χ4n) is 0.814. The van der Waals surface area contributed by atoms with Crippen LogP contribution < -0.4 is 0 Å². The molecule has 4 heteroatoms. The Morgan fingerprint density at radius 2 is 2.56 bits per heavy atom. The highest BCUT2D eigenvalue weighted by Crippen LogP contribution is 2.23. The van der Waals surface area contributed by atoms with Gasteiger partial charge in [-0.25, -0.2) is 4.31 Å². The second kappa shape index (κ2) is 4.00. The first-order valence-corrected chi connectivity index (χ1v) is 6.29. The molecule has 0 bridgehead atoms. The summed E-state index contributed by atoms with van der Waals surface area (Å²) in [6.07, 6.45) is 0. The zero-order valence-corrected chi connectivity index (χ0v) is 8.31. The maximum absolute atomic E-state index is 5.26. The van der Waals surface area contributed by atoms with Crippen LogP contribution in [0, 0.1) is 0 Å². The van der Waals surface area contributed by atoms with E-state index >= 15 is 0 Å². The molecule has 2 nitrogen and oxygen atoms in total. The molecule has 9 heavy (non-hydrogen) atoms. The molecule has 1 atom stereocenters. The summed E-state index contributed by atoms with van der Waals surface area (Å²) in [5.74, 6) is 0. The summed E-state index contributed by atoms with van der Waals surface area (Å²) in [6.45, 7) is 5.02. The van der Waals surface area contributed by atoms with Gasteiger partial charge in [-0.15, -0.1) is 0 Å². The summed E-state index contributed by atoms with van der Waals surface area (Å²) in [5.41, 5.74) is 0. The predicted octanol–water partition coefficient (Wildman–Crippen LogP) is 1.71. The summed E-state index contributed by atoms with van der Waals surface area (Å²) in [6, 6.07) is 0.584. The van der Waals surface area contributed by atoms with Crippen LogP contribution >= 0.6 is 30.3 Å². The van der Waals surface area contributed by atoms with E-state index in [1.54, 1.807) is 9.12 Å². The maximum Gasteiger partial charge on any atom is 0.0629 e. The first kappa shape index (κ1) is 8.10. The molecule has 0 spiro atoms. The number of morpholine rings is 1. The number of halogens is 1. The van der Waals surface area contributed by atoms with Gasteiger partial charge < -0.3 is 4.74 Å². The molecule has 0 aliphatic carbocycles. The molecule has 0 aromatic rings. The average molecular weight is 259 g/mol. The Morgan fingerprint density at radius 3 is 3.00 bits per heavy atom. The minimum absolute atomic E-state index is 0.584. The van der Waals surface area contributed by atoms with Gasteiger partial charge in [0.1, 0.15) is 0 Å². The summed E-state index contributed by atoms with van der Waals surface area (Å²) in [5, 5.41) is 0. The quantitative estimate of drug-likeness (QED) is 0.525. The van der Waals surface area contributed by atoms with Crippen molar-refractivity contribution in [1.82, 2.24) is 4.31 Å². The molecular formula is C5H10INOS. The average Bonchev–Trinajstić information content (AvgIpc) is 1.89. The van der Waals surface area contributed by atoms with Crippen LogP contribution in [0.2, 0.25) is 0 Å². The Bertz CT molecular complexity index is 93.0. The van der Waals surface area contributed by atoms with E-state index in [0.29, 0.717) is 6.04 Å². The molecule has 0 saturated carbocycles. The first-order valence-electron chi connectivity index (χ1n) is 2.97. The van der Waals surface area contributed by atoms with Gasteiger partial charge in [0.2, 0.25) is 0 Å². The number of hydrogen-bond donors (Lipinski definition) is 0. The summed E-state index contributed by atoms with van der Waals surface area (Å²) >= 11 is 2.31. The lowest BCUT2D eigenvalue weighted by atomic mass is 10.3. The van der Waals surface area contributed by atoms with E-state index in [9.17, 15) is 0 Å². The van der Waals surface area contributed by atoms with Crippen molar-refractivity contribution in [3.63, 3.8) is 0 Å². The second-order valence-electron chi connectivity index (χ2n) is 2.13. The van der Waals surface area contributed by atoms with Gasteiger partial charge in [0, 0.05) is 33.8 Å². The number of rotatable bonds is 1. The Morgan fingerprint density at radius 1 is 1.78 bits per heavy atom. The van der Waals surface area contributed by atoms with E-state index in [0.717, 1.165) is 19.8 Å². The molecule has 0 aromatic carbocycles. The molecular weight excluding hydrogens is 249 g/mol. The van der Waals surface area contributed by atoms with Crippen molar-refractivity contribution in [1.29, 1.82) is 0 Å². The number of ether oxygens (including phenoxy) is 1. The monoisotopic (exact) mass is 259 g/mol. The van der Waals surface area contributed by atoms with Gasteiger partial charge >= 0.3 is 0 Å². The summed E-state index contributed by atoms with van der Waals surface area (Å²) in [4.78, 5) is 0. The standard InChI is InChI=1S/C5H10INOS/c1-5-4-8-3-2-7(5)9-6/h5H,2-4H2,1H3/t5-/m1/s1. The normalized spacial score (nSPS) is 30.7. The molecule has 0 radical (unpaired) electrons. The second-order valence-corrected chi connectivity index (χ2v) is 3.92. The fourth-order valence-corrected chi connectivity index (χ4v) is 2.91. The summed E-state index contributed by atoms with van der Waals surface area (Å²) < 4.78 is 7.59. The van der Waals surface area contributed by atoms with Crippen LogP contribution in [0.4, 0.5) is 0 Å². The lowest BCUT2D eigenvalue weighted by Gasteiger charge is -2.29. The van der Waals surface area contributed by atoms with Gasteiger partial charge in [-0.05, 0) is 16.0 Å². The third kappa shape index (κ3) is 2.25. The van der Waals surface area contributed by atoms with Crippen LogP contribution in [-0.4, -0.2) is 30.1 Å². The number of hydrogen-bond acceptors (Lipinski definition) is 3. The topological polar surface area (TPSA) is 12.5 Å². The van der Waals surface area contributed by atoms with Crippen molar-refractivity contribution in [3.8, 4) is 0 Å². The van der Waals surface area contributed by atoms with E-state index in [2.05, 4.69) is 32.4 Å². The van der Waals surface area contributed by atoms with Crippen LogP contribution in [0.1, 0.15) is 6.92 Å². The van der Waals surface area contributed by atoms with Crippen molar-refractivity contribution in [3.05, 3.63) is 0 Å². The Balaban J connectivity index is 2.30. The molecule has 54 valence electrons. The van der Waals surface area contributed by atoms with E-state index in [-0.39, 0.29) is 0 Å².